The summed E-state index contributed by atoms with van der Waals surface area (Å²) in [6.45, 7) is 3.75. The van der Waals surface area contributed by atoms with E-state index in [1.807, 2.05) is 24.3 Å². The van der Waals surface area contributed by atoms with Crippen LogP contribution in [-0.4, -0.2) is 68.7 Å². The van der Waals surface area contributed by atoms with Crippen LogP contribution in [0.1, 0.15) is 155 Å². The molecule has 0 bridgehead atoms. The van der Waals surface area contributed by atoms with Crippen LogP contribution >= 0.6 is 7.82 Å². The second-order valence-electron chi connectivity index (χ2n) is 13.9. The van der Waals surface area contributed by atoms with E-state index in [4.69, 9.17) is 19.3 Å². The van der Waals surface area contributed by atoms with Crippen LogP contribution in [0.3, 0.4) is 0 Å². The van der Waals surface area contributed by atoms with Gasteiger partial charge in [-0.1, -0.05) is 128 Å². The average Bonchev–Trinajstić information content (AvgIpc) is 3.34. The first kappa shape index (κ1) is 46.5. The van der Waals surface area contributed by atoms with Crippen LogP contribution in [0.15, 0.2) is 36.6 Å². The van der Waals surface area contributed by atoms with Gasteiger partial charge in [0.1, 0.15) is 6.61 Å². The van der Waals surface area contributed by atoms with Crippen LogP contribution in [0.25, 0.3) is 0 Å². The molecule has 0 radical (unpaired) electrons. The van der Waals surface area contributed by atoms with Gasteiger partial charge in [-0.15, -0.1) is 0 Å². The molecule has 50 heavy (non-hydrogen) atoms. The monoisotopic (exact) mass is 730 g/mol. The van der Waals surface area contributed by atoms with Gasteiger partial charge in [0.2, 0.25) is 0 Å². The quantitative estimate of drug-likeness (QED) is 0.0149. The van der Waals surface area contributed by atoms with Crippen molar-refractivity contribution in [3.8, 4) is 0 Å². The fourth-order valence-corrected chi connectivity index (χ4v) is 6.66. The van der Waals surface area contributed by atoms with Gasteiger partial charge in [0.15, 0.2) is 6.10 Å². The number of unbranched alkanes of at least 4 members (excludes halogenated alkanes) is 15. The molecule has 0 aromatic heterocycles. The number of allylic oxidation sites excluding steroid dienone is 3. The zero-order valence-corrected chi connectivity index (χ0v) is 32.0. The summed E-state index contributed by atoms with van der Waals surface area (Å²) < 4.78 is 26.7. The number of aliphatic hydroxyl groups is 3. The highest BCUT2D eigenvalue weighted by Gasteiger charge is 2.39. The van der Waals surface area contributed by atoms with Crippen LogP contribution in [0.4, 0.5) is 0 Å². The molecule has 1 fully saturated rings. The van der Waals surface area contributed by atoms with Crippen molar-refractivity contribution in [3.05, 3.63) is 36.6 Å². The predicted molar refractivity (Wildman–Crippen MR) is 199 cm³/mol. The first-order valence-electron chi connectivity index (χ1n) is 19.6. The number of hydrogen-bond acceptors (Lipinski definition) is 8. The van der Waals surface area contributed by atoms with E-state index in [9.17, 15) is 24.7 Å². The van der Waals surface area contributed by atoms with Crippen molar-refractivity contribution in [1.82, 2.24) is 0 Å². The molecule has 1 rings (SSSR count). The molecule has 1 saturated carbocycles. The maximum atomic E-state index is 12.3. The molecule has 1 aliphatic rings. The van der Waals surface area contributed by atoms with Gasteiger partial charge in [0.05, 0.1) is 31.2 Å². The number of phosphoric ester groups is 1. The highest BCUT2D eigenvalue weighted by molar-refractivity contribution is 7.46. The number of carbonyl (C=O) groups excluding carboxylic acids is 1. The summed E-state index contributed by atoms with van der Waals surface area (Å²) in [7, 11) is -4.70. The summed E-state index contributed by atoms with van der Waals surface area (Å²) in [5, 5.41) is 31.1. The number of ether oxygens (including phenoxy) is 2. The van der Waals surface area contributed by atoms with Crippen molar-refractivity contribution in [2.75, 3.05) is 13.2 Å². The van der Waals surface area contributed by atoms with Gasteiger partial charge in [-0.05, 0) is 50.5 Å². The van der Waals surface area contributed by atoms with Crippen molar-refractivity contribution in [2.45, 2.75) is 180 Å². The highest BCUT2D eigenvalue weighted by Crippen LogP contribution is 2.37. The molecule has 292 valence electrons. The van der Waals surface area contributed by atoms with Crippen LogP contribution in [0.2, 0.25) is 0 Å². The molecule has 0 spiro atoms. The fourth-order valence-electron chi connectivity index (χ4n) is 6.30. The molecule has 0 aromatic rings. The fraction of sp³-hybridized carbons (Fsp3) is 0.821. The van der Waals surface area contributed by atoms with Gasteiger partial charge in [0.25, 0.3) is 0 Å². The number of hydrogen-bond donors (Lipinski definition) is 5. The Morgan fingerprint density at radius 1 is 0.780 bits per heavy atom. The number of phosphoric acid groups is 1. The molecule has 0 unspecified atom stereocenters. The molecule has 0 amide bonds. The molecule has 0 heterocycles. The molecule has 0 aliphatic heterocycles. The Morgan fingerprint density at radius 2 is 1.38 bits per heavy atom. The molecule has 6 atom stereocenters. The minimum Gasteiger partial charge on any atom is -0.492 e. The zero-order chi connectivity index (χ0) is 36.9. The van der Waals surface area contributed by atoms with Crippen molar-refractivity contribution in [1.29, 1.82) is 0 Å². The molecular formula is C39H71O10P. The van der Waals surface area contributed by atoms with E-state index < -0.39 is 44.8 Å². The van der Waals surface area contributed by atoms with Gasteiger partial charge < -0.3 is 34.6 Å². The van der Waals surface area contributed by atoms with E-state index in [2.05, 4.69) is 18.4 Å². The molecule has 0 saturated heterocycles. The summed E-state index contributed by atoms with van der Waals surface area (Å²) in [6, 6.07) is 0. The molecular weight excluding hydrogens is 659 g/mol. The van der Waals surface area contributed by atoms with Gasteiger partial charge in [-0.25, -0.2) is 4.57 Å². The molecule has 5 N–H and O–H groups in total. The molecule has 0 aromatic carbocycles. The van der Waals surface area contributed by atoms with Crippen molar-refractivity contribution >= 4 is 13.8 Å². The van der Waals surface area contributed by atoms with Crippen LogP contribution in [-0.2, 0) is 23.4 Å². The smallest absolute Gasteiger partial charge is 0.469 e. The third kappa shape index (κ3) is 25.4. The first-order chi connectivity index (χ1) is 24.1. The Morgan fingerprint density at radius 3 is 2.02 bits per heavy atom. The maximum Gasteiger partial charge on any atom is 0.469 e. The number of carbonyl (C=O) groups is 1. The standard InChI is InChI=1S/C39H71O10P/c1-3-5-7-8-9-10-11-12-13-14-15-16-19-23-29-47-34(32-49-50(44,45)46)31-48-39(43)26-22-18-17-21-25-35-36(38(42)30-37(35)41)28-27-33(40)24-20-6-4-2/h17,21,23,27-29,33-38,40-42H,3-16,18-20,22,24-26,30-32H2,1-2H3,(H2,44,45,46)/b21-17+,28-27+,29-23+/t33-,34+,35+,36+,37-,38+/m0/s1. The Balaban J connectivity index is 2.30. The third-order valence-electron chi connectivity index (χ3n) is 9.35. The molecule has 11 heteroatoms. The Labute approximate surface area is 303 Å². The number of aliphatic hydroxyl groups excluding tert-OH is 3. The van der Waals surface area contributed by atoms with E-state index in [0.29, 0.717) is 32.1 Å². The lowest BCUT2D eigenvalue weighted by Gasteiger charge is -2.19. The summed E-state index contributed by atoms with van der Waals surface area (Å²) >= 11 is 0. The van der Waals surface area contributed by atoms with E-state index in [-0.39, 0.29) is 24.9 Å². The van der Waals surface area contributed by atoms with Crippen LogP contribution < -0.4 is 0 Å². The summed E-state index contributed by atoms with van der Waals surface area (Å²) in [5.41, 5.74) is 0. The van der Waals surface area contributed by atoms with E-state index in [1.54, 1.807) is 6.08 Å². The van der Waals surface area contributed by atoms with Gasteiger partial charge in [-0.2, -0.15) is 0 Å². The lowest BCUT2D eigenvalue weighted by atomic mass is 9.89. The van der Waals surface area contributed by atoms with Crippen molar-refractivity contribution in [3.63, 3.8) is 0 Å². The van der Waals surface area contributed by atoms with Gasteiger partial charge >= 0.3 is 13.8 Å². The predicted octanol–water partition coefficient (Wildman–Crippen LogP) is 8.60. The lowest BCUT2D eigenvalue weighted by Crippen LogP contribution is -2.25. The van der Waals surface area contributed by atoms with Crippen LogP contribution in [0, 0.1) is 11.8 Å². The summed E-state index contributed by atoms with van der Waals surface area (Å²) in [4.78, 5) is 30.5. The van der Waals surface area contributed by atoms with Crippen LogP contribution in [0.5, 0.6) is 0 Å². The topological polar surface area (TPSA) is 163 Å². The van der Waals surface area contributed by atoms with E-state index in [0.717, 1.165) is 38.5 Å². The lowest BCUT2D eigenvalue weighted by molar-refractivity contribution is -0.147. The Hall–Kier alpha value is -1.52. The summed E-state index contributed by atoms with van der Waals surface area (Å²) in [5.74, 6) is -0.809. The second kappa shape index (κ2) is 30.0. The Bertz CT molecular complexity index is 965. The van der Waals surface area contributed by atoms with Crippen molar-refractivity contribution < 1.29 is 48.5 Å². The van der Waals surface area contributed by atoms with E-state index >= 15 is 0 Å². The third-order valence-corrected chi connectivity index (χ3v) is 9.84. The minimum absolute atomic E-state index is 0.142. The normalized spacial score (nSPS) is 21.1. The average molecular weight is 731 g/mol. The van der Waals surface area contributed by atoms with Gasteiger partial charge in [0, 0.05) is 18.8 Å². The second-order valence-corrected chi connectivity index (χ2v) is 15.2. The highest BCUT2D eigenvalue weighted by atomic mass is 31.2. The van der Waals surface area contributed by atoms with Gasteiger partial charge in [-0.3, -0.25) is 9.32 Å². The van der Waals surface area contributed by atoms with Crippen molar-refractivity contribution in [2.24, 2.45) is 11.8 Å². The summed E-state index contributed by atoms with van der Waals surface area (Å²) in [6.07, 6.45) is 30.4. The largest absolute Gasteiger partial charge is 0.492 e. The SMILES string of the molecule is CCCCCCCCCCCCCC/C=C/O[C@H](COC(=O)CCC/C=C/C[C@@H]1[C@@H](/C=C/[C@@H](O)CCCCC)[C@H](O)C[C@@H]1O)COP(=O)(O)O. The maximum absolute atomic E-state index is 12.3. The number of rotatable bonds is 32. The zero-order valence-electron chi connectivity index (χ0n) is 31.1. The minimum atomic E-state index is -4.70. The molecule has 1 aliphatic carbocycles. The first-order valence-corrected chi connectivity index (χ1v) is 21.1. The van der Waals surface area contributed by atoms with E-state index in [1.165, 1.54) is 70.5 Å². The molecule has 10 nitrogen and oxygen atoms in total. The Kier molecular flexibility index (Phi) is 27.9. The number of esters is 1.